The average Bonchev–Trinajstić information content (AvgIpc) is 2.56. The average molecular weight is 330 g/mol. The molecule has 2 aromatic rings. The summed E-state index contributed by atoms with van der Waals surface area (Å²) in [7, 11) is 0. The molecule has 0 aliphatic carbocycles. The molecule has 0 aromatic heterocycles. The maximum absolute atomic E-state index is 11.3. The summed E-state index contributed by atoms with van der Waals surface area (Å²) in [5.41, 5.74) is 3.08. The third-order valence-electron chi connectivity index (χ3n) is 3.06. The van der Waals surface area contributed by atoms with Crippen LogP contribution in [0.25, 0.3) is 0 Å². The monoisotopic (exact) mass is 330 g/mol. The number of benzene rings is 2. The highest BCUT2D eigenvalue weighted by atomic mass is 16.7. The molecule has 128 valence electrons. The molecule has 0 bridgehead atoms. The number of aromatic carboxylic acids is 1. The molecule has 0 spiro atoms. The molecular formula is C19H22O5. The lowest BCUT2D eigenvalue weighted by atomic mass is 10.2. The molecule has 5 nitrogen and oxygen atoms in total. The Morgan fingerprint density at radius 2 is 1.33 bits per heavy atom. The largest absolute Gasteiger partial charge is 0.478 e. The highest BCUT2D eigenvalue weighted by Crippen LogP contribution is 2.04. The van der Waals surface area contributed by atoms with E-state index in [0.717, 1.165) is 11.1 Å². The van der Waals surface area contributed by atoms with Gasteiger partial charge in [-0.2, -0.15) is 0 Å². The van der Waals surface area contributed by atoms with Gasteiger partial charge in [-0.3, -0.25) is 0 Å². The number of ether oxygens (including phenoxy) is 2. The van der Waals surface area contributed by atoms with Crippen molar-refractivity contribution in [1.29, 1.82) is 0 Å². The van der Waals surface area contributed by atoms with Gasteiger partial charge in [0, 0.05) is 6.61 Å². The Morgan fingerprint density at radius 3 is 1.75 bits per heavy atom. The lowest BCUT2D eigenvalue weighted by Crippen LogP contribution is -2.08. The van der Waals surface area contributed by atoms with Crippen molar-refractivity contribution in [2.24, 2.45) is 0 Å². The fourth-order valence-corrected chi connectivity index (χ4v) is 1.65. The number of carbonyl (C=O) groups is 2. The van der Waals surface area contributed by atoms with Crippen molar-refractivity contribution in [1.82, 2.24) is 0 Å². The lowest BCUT2D eigenvalue weighted by molar-refractivity contribution is -0.0274. The van der Waals surface area contributed by atoms with E-state index in [1.165, 1.54) is 0 Å². The van der Waals surface area contributed by atoms with Crippen molar-refractivity contribution in [3.8, 4) is 0 Å². The summed E-state index contributed by atoms with van der Waals surface area (Å²) in [5, 5.41) is 8.48. The summed E-state index contributed by atoms with van der Waals surface area (Å²) < 4.78 is 9.75. The number of esters is 1. The molecule has 0 radical (unpaired) electrons. The van der Waals surface area contributed by atoms with Crippen LogP contribution in [0, 0.1) is 13.8 Å². The Kier molecular flexibility index (Phi) is 8.22. The minimum atomic E-state index is -0.875. The number of hydrogen-bond donors (Lipinski definition) is 1. The summed E-state index contributed by atoms with van der Waals surface area (Å²) in [4.78, 5) is 21.6. The summed E-state index contributed by atoms with van der Waals surface area (Å²) in [6, 6.07) is 14.0. The van der Waals surface area contributed by atoms with Crippen LogP contribution in [0.1, 0.15) is 38.8 Å². The van der Waals surface area contributed by atoms with Crippen LogP contribution in [-0.4, -0.2) is 30.4 Å². The van der Waals surface area contributed by atoms with E-state index < -0.39 is 5.97 Å². The Hall–Kier alpha value is -2.66. The Bertz CT molecular complexity index is 644. The first kappa shape index (κ1) is 19.4. The molecule has 24 heavy (non-hydrogen) atoms. The molecule has 0 fully saturated rings. The van der Waals surface area contributed by atoms with Gasteiger partial charge in [0.2, 0.25) is 0 Å². The predicted molar refractivity (Wildman–Crippen MR) is 91.2 cm³/mol. The zero-order chi connectivity index (χ0) is 17.9. The maximum Gasteiger partial charge on any atom is 0.340 e. The maximum atomic E-state index is 11.3. The molecule has 0 saturated carbocycles. The third-order valence-corrected chi connectivity index (χ3v) is 3.06. The van der Waals surface area contributed by atoms with E-state index >= 15 is 0 Å². The van der Waals surface area contributed by atoms with Gasteiger partial charge in [0.05, 0.1) is 11.1 Å². The van der Waals surface area contributed by atoms with E-state index in [4.69, 9.17) is 14.6 Å². The molecule has 2 aromatic carbocycles. The van der Waals surface area contributed by atoms with Gasteiger partial charge in [0.15, 0.2) is 6.79 Å². The Balaban J connectivity index is 0.000000254. The van der Waals surface area contributed by atoms with Crippen molar-refractivity contribution in [2.45, 2.75) is 20.8 Å². The number of carboxylic acids is 1. The molecule has 5 heteroatoms. The van der Waals surface area contributed by atoms with Crippen molar-refractivity contribution in [3.05, 3.63) is 70.8 Å². The smallest absolute Gasteiger partial charge is 0.340 e. The molecule has 0 amide bonds. The first-order chi connectivity index (χ1) is 11.4. The van der Waals surface area contributed by atoms with Crippen molar-refractivity contribution < 1.29 is 24.2 Å². The zero-order valence-electron chi connectivity index (χ0n) is 14.1. The van der Waals surface area contributed by atoms with Crippen LogP contribution in [0.15, 0.2) is 48.5 Å². The molecule has 0 aliphatic heterocycles. The van der Waals surface area contributed by atoms with E-state index in [0.29, 0.717) is 17.7 Å². The van der Waals surface area contributed by atoms with E-state index in [1.54, 1.807) is 36.4 Å². The van der Waals surface area contributed by atoms with Crippen LogP contribution in [-0.2, 0) is 9.47 Å². The fourth-order valence-electron chi connectivity index (χ4n) is 1.65. The first-order valence-electron chi connectivity index (χ1n) is 7.55. The summed E-state index contributed by atoms with van der Waals surface area (Å²) >= 11 is 0. The normalized spacial score (nSPS) is 9.62. The second-order valence-corrected chi connectivity index (χ2v) is 5.08. The molecule has 1 N–H and O–H groups in total. The van der Waals surface area contributed by atoms with Gasteiger partial charge in [0.1, 0.15) is 0 Å². The van der Waals surface area contributed by atoms with Crippen molar-refractivity contribution in [2.75, 3.05) is 13.4 Å². The molecule has 0 unspecified atom stereocenters. The summed E-state index contributed by atoms with van der Waals surface area (Å²) in [6.07, 6.45) is 0. The van der Waals surface area contributed by atoms with Gasteiger partial charge < -0.3 is 14.6 Å². The number of rotatable bonds is 5. The fraction of sp³-hybridized carbons (Fsp3) is 0.263. The molecule has 0 saturated heterocycles. The van der Waals surface area contributed by atoms with Crippen molar-refractivity contribution in [3.63, 3.8) is 0 Å². The van der Waals surface area contributed by atoms with Gasteiger partial charge in [-0.15, -0.1) is 0 Å². The predicted octanol–water partition coefficient (Wildman–Crippen LogP) is 3.84. The van der Waals surface area contributed by atoms with E-state index in [9.17, 15) is 9.59 Å². The standard InChI is InChI=1S/C11H14O3.C8H8O2/c1-3-13-8-14-11(12)10-6-4-9(2)5-7-10;1-6-2-4-7(5-3-6)8(9)10/h4-7H,3,8H2,1-2H3;2-5H,1H3,(H,9,10). The number of aryl methyl sites for hydroxylation is 2. The minimum absolute atomic E-state index is 0.0171. The quantitative estimate of drug-likeness (QED) is 0.512. The second kappa shape index (κ2) is 10.2. The van der Waals surface area contributed by atoms with Gasteiger partial charge >= 0.3 is 11.9 Å². The molecule has 2 rings (SSSR count). The minimum Gasteiger partial charge on any atom is -0.478 e. The van der Waals surface area contributed by atoms with Crippen LogP contribution in [0.3, 0.4) is 0 Å². The van der Waals surface area contributed by atoms with Crippen LogP contribution >= 0.6 is 0 Å². The van der Waals surface area contributed by atoms with E-state index in [1.807, 2.05) is 32.9 Å². The van der Waals surface area contributed by atoms with Gasteiger partial charge in [-0.05, 0) is 45.0 Å². The van der Waals surface area contributed by atoms with E-state index in [2.05, 4.69) is 0 Å². The third kappa shape index (κ3) is 7.07. The van der Waals surface area contributed by atoms with Crippen molar-refractivity contribution >= 4 is 11.9 Å². The SMILES string of the molecule is CCOCOC(=O)c1ccc(C)cc1.Cc1ccc(C(=O)O)cc1. The number of carbonyl (C=O) groups excluding carboxylic acids is 1. The van der Waals surface area contributed by atoms with Crippen LogP contribution < -0.4 is 0 Å². The van der Waals surface area contributed by atoms with Crippen LogP contribution in [0.4, 0.5) is 0 Å². The summed E-state index contributed by atoms with van der Waals surface area (Å²) in [6.45, 7) is 6.30. The van der Waals surface area contributed by atoms with Crippen LogP contribution in [0.5, 0.6) is 0 Å². The second-order valence-electron chi connectivity index (χ2n) is 5.08. The zero-order valence-corrected chi connectivity index (χ0v) is 14.1. The summed E-state index contributed by atoms with van der Waals surface area (Å²) in [5.74, 6) is -1.22. The highest BCUT2D eigenvalue weighted by Gasteiger charge is 2.05. The molecule has 0 atom stereocenters. The molecule has 0 heterocycles. The Morgan fingerprint density at radius 1 is 0.875 bits per heavy atom. The topological polar surface area (TPSA) is 72.8 Å². The number of hydrogen-bond acceptors (Lipinski definition) is 4. The van der Waals surface area contributed by atoms with E-state index in [-0.39, 0.29) is 12.8 Å². The molecule has 0 aliphatic rings. The van der Waals surface area contributed by atoms with Gasteiger partial charge in [0.25, 0.3) is 0 Å². The molecular weight excluding hydrogens is 308 g/mol. The highest BCUT2D eigenvalue weighted by molar-refractivity contribution is 5.89. The lowest BCUT2D eigenvalue weighted by Gasteiger charge is -2.04. The Labute approximate surface area is 141 Å². The first-order valence-corrected chi connectivity index (χ1v) is 7.55. The van der Waals surface area contributed by atoms with Crippen LogP contribution in [0.2, 0.25) is 0 Å². The van der Waals surface area contributed by atoms with Gasteiger partial charge in [-0.25, -0.2) is 9.59 Å². The van der Waals surface area contributed by atoms with Gasteiger partial charge in [-0.1, -0.05) is 35.4 Å². The number of carboxylic acid groups (broad SMARTS) is 1.